The van der Waals surface area contributed by atoms with Crippen LogP contribution in [0.25, 0.3) is 0 Å². The minimum absolute atomic E-state index is 0.0925. The van der Waals surface area contributed by atoms with E-state index in [1.807, 2.05) is 18.2 Å². The molecule has 0 aliphatic carbocycles. The van der Waals surface area contributed by atoms with Crippen molar-refractivity contribution in [2.45, 2.75) is 0 Å². The molecule has 0 aromatic heterocycles. The monoisotopic (exact) mass is 349 g/mol. The normalized spacial score (nSPS) is 10.0. The Morgan fingerprint density at radius 1 is 0.692 bits per heavy atom. The zero-order chi connectivity index (χ0) is 18.4. The Morgan fingerprint density at radius 2 is 1.31 bits per heavy atom. The maximum Gasteiger partial charge on any atom is 0.271 e. The molecule has 0 atom stereocenters. The number of nitrogens with one attached hydrogen (secondary N) is 3. The molecule has 3 aromatic rings. The van der Waals surface area contributed by atoms with Gasteiger partial charge in [-0.1, -0.05) is 42.5 Å². The van der Waals surface area contributed by atoms with Gasteiger partial charge in [0.15, 0.2) is 0 Å². The average molecular weight is 349 g/mol. The van der Waals surface area contributed by atoms with E-state index in [-0.39, 0.29) is 16.8 Å². The Kier molecular flexibility index (Phi) is 5.24. The Labute approximate surface area is 149 Å². The van der Waals surface area contributed by atoms with Crippen LogP contribution >= 0.6 is 0 Å². The zero-order valence-electron chi connectivity index (χ0n) is 13.7. The van der Waals surface area contributed by atoms with Gasteiger partial charge in [-0.05, 0) is 36.4 Å². The predicted molar refractivity (Wildman–Crippen MR) is 98.3 cm³/mol. The van der Waals surface area contributed by atoms with Crippen molar-refractivity contribution in [3.8, 4) is 0 Å². The highest BCUT2D eigenvalue weighted by Gasteiger charge is 2.16. The van der Waals surface area contributed by atoms with Crippen molar-refractivity contribution in [1.29, 1.82) is 0 Å². The van der Waals surface area contributed by atoms with E-state index in [1.54, 1.807) is 42.5 Å². The van der Waals surface area contributed by atoms with Crippen LogP contribution in [0.15, 0.2) is 78.9 Å². The van der Waals surface area contributed by atoms with Crippen molar-refractivity contribution in [2.75, 3.05) is 10.7 Å². The molecule has 130 valence electrons. The summed E-state index contributed by atoms with van der Waals surface area (Å²) in [6.45, 7) is 0. The molecule has 0 aliphatic heterocycles. The fraction of sp³-hybridized carbons (Fsp3) is 0. The highest BCUT2D eigenvalue weighted by Crippen LogP contribution is 2.17. The van der Waals surface area contributed by atoms with Crippen LogP contribution in [0.4, 0.5) is 15.8 Å². The summed E-state index contributed by atoms with van der Waals surface area (Å²) in [6.07, 6.45) is 0. The van der Waals surface area contributed by atoms with E-state index in [0.717, 1.165) is 0 Å². The number of benzene rings is 3. The molecule has 3 N–H and O–H groups in total. The van der Waals surface area contributed by atoms with Gasteiger partial charge in [-0.2, -0.15) is 0 Å². The number of carbonyl (C=O) groups excluding carboxylic acids is 2. The number of hydrazine groups is 1. The third-order valence-electron chi connectivity index (χ3n) is 3.63. The summed E-state index contributed by atoms with van der Waals surface area (Å²) >= 11 is 0. The van der Waals surface area contributed by atoms with Gasteiger partial charge in [-0.15, -0.1) is 0 Å². The lowest BCUT2D eigenvalue weighted by Gasteiger charge is -2.13. The first-order valence-electron chi connectivity index (χ1n) is 7.91. The fourth-order valence-corrected chi connectivity index (χ4v) is 2.34. The van der Waals surface area contributed by atoms with Crippen molar-refractivity contribution in [3.63, 3.8) is 0 Å². The molecule has 0 bridgehead atoms. The van der Waals surface area contributed by atoms with E-state index in [4.69, 9.17) is 0 Å². The highest BCUT2D eigenvalue weighted by molar-refractivity contribution is 6.09. The predicted octanol–water partition coefficient (Wildman–Crippen LogP) is 3.83. The fourth-order valence-electron chi connectivity index (χ4n) is 2.34. The first-order valence-corrected chi connectivity index (χ1v) is 7.91. The summed E-state index contributed by atoms with van der Waals surface area (Å²) in [5.74, 6) is -1.68. The van der Waals surface area contributed by atoms with Gasteiger partial charge < -0.3 is 5.32 Å². The molecule has 0 radical (unpaired) electrons. The standard InChI is InChI=1S/C20H16FN3O2/c21-17-12-6-4-10-15(17)19(25)22-18-13-7-5-11-16(18)20(26)24-23-14-8-2-1-3-9-14/h1-13,23H,(H,22,25)(H,24,26). The van der Waals surface area contributed by atoms with Gasteiger partial charge in [0.25, 0.3) is 11.8 Å². The van der Waals surface area contributed by atoms with E-state index >= 15 is 0 Å². The van der Waals surface area contributed by atoms with Gasteiger partial charge in [0.05, 0.1) is 22.5 Å². The smallest absolute Gasteiger partial charge is 0.271 e. The maximum absolute atomic E-state index is 13.8. The van der Waals surface area contributed by atoms with Crippen LogP contribution in [0.5, 0.6) is 0 Å². The number of hydrogen-bond donors (Lipinski definition) is 3. The first-order chi connectivity index (χ1) is 12.6. The highest BCUT2D eigenvalue weighted by atomic mass is 19.1. The lowest BCUT2D eigenvalue weighted by Crippen LogP contribution is -2.30. The van der Waals surface area contributed by atoms with Crippen LogP contribution in [0.2, 0.25) is 0 Å². The van der Waals surface area contributed by atoms with E-state index in [1.165, 1.54) is 18.2 Å². The number of amides is 2. The largest absolute Gasteiger partial charge is 0.321 e. The van der Waals surface area contributed by atoms with Gasteiger partial charge in [0.2, 0.25) is 0 Å². The Bertz CT molecular complexity index is 929. The number of rotatable bonds is 5. The SMILES string of the molecule is O=C(Nc1ccccc1C(=O)NNc1ccccc1)c1ccccc1F. The van der Waals surface area contributed by atoms with Crippen molar-refractivity contribution < 1.29 is 14.0 Å². The topological polar surface area (TPSA) is 70.2 Å². The van der Waals surface area contributed by atoms with Crippen molar-refractivity contribution in [1.82, 2.24) is 5.43 Å². The molecule has 3 rings (SSSR count). The maximum atomic E-state index is 13.8. The second-order valence-electron chi connectivity index (χ2n) is 5.42. The number of hydrogen-bond acceptors (Lipinski definition) is 3. The van der Waals surface area contributed by atoms with Crippen LogP contribution in [0.3, 0.4) is 0 Å². The van der Waals surface area contributed by atoms with E-state index < -0.39 is 17.6 Å². The van der Waals surface area contributed by atoms with Gasteiger partial charge in [0.1, 0.15) is 5.82 Å². The lowest BCUT2D eigenvalue weighted by molar-refractivity contribution is 0.0963. The number of carbonyl (C=O) groups is 2. The van der Waals surface area contributed by atoms with Crippen LogP contribution < -0.4 is 16.2 Å². The number of halogens is 1. The molecule has 3 aromatic carbocycles. The Morgan fingerprint density at radius 3 is 2.04 bits per heavy atom. The molecule has 0 heterocycles. The summed E-state index contributed by atoms with van der Waals surface area (Å²) in [5, 5.41) is 2.58. The second kappa shape index (κ2) is 7.94. The van der Waals surface area contributed by atoms with Crippen molar-refractivity contribution in [2.24, 2.45) is 0 Å². The molecule has 0 unspecified atom stereocenters. The van der Waals surface area contributed by atoms with Gasteiger partial charge in [-0.3, -0.25) is 20.4 Å². The number of para-hydroxylation sites is 2. The second-order valence-corrected chi connectivity index (χ2v) is 5.42. The molecule has 0 spiro atoms. The lowest BCUT2D eigenvalue weighted by atomic mass is 10.1. The minimum Gasteiger partial charge on any atom is -0.321 e. The molecule has 2 amide bonds. The van der Waals surface area contributed by atoms with Gasteiger partial charge in [-0.25, -0.2) is 4.39 Å². The van der Waals surface area contributed by atoms with Crippen LogP contribution in [-0.2, 0) is 0 Å². The van der Waals surface area contributed by atoms with Crippen LogP contribution in [0, 0.1) is 5.82 Å². The molecule has 0 fully saturated rings. The van der Waals surface area contributed by atoms with E-state index in [9.17, 15) is 14.0 Å². The Hall–Kier alpha value is -3.67. The van der Waals surface area contributed by atoms with Crippen LogP contribution in [0.1, 0.15) is 20.7 Å². The molecule has 26 heavy (non-hydrogen) atoms. The average Bonchev–Trinajstić information content (AvgIpc) is 2.67. The minimum atomic E-state index is -0.627. The summed E-state index contributed by atoms with van der Waals surface area (Å²) in [4.78, 5) is 24.7. The molecule has 0 aliphatic rings. The molecular weight excluding hydrogens is 333 g/mol. The quantitative estimate of drug-likeness (QED) is 0.613. The molecular formula is C20H16FN3O2. The van der Waals surface area contributed by atoms with E-state index in [0.29, 0.717) is 5.69 Å². The number of anilines is 2. The summed E-state index contributed by atoms with van der Waals surface area (Å²) in [5.41, 5.74) is 6.52. The summed E-state index contributed by atoms with van der Waals surface area (Å²) in [6, 6.07) is 21.3. The van der Waals surface area contributed by atoms with E-state index in [2.05, 4.69) is 16.2 Å². The molecule has 6 heteroatoms. The van der Waals surface area contributed by atoms with Crippen LogP contribution in [-0.4, -0.2) is 11.8 Å². The Balaban J connectivity index is 1.74. The van der Waals surface area contributed by atoms with Gasteiger partial charge in [0, 0.05) is 0 Å². The molecule has 5 nitrogen and oxygen atoms in total. The molecule has 0 saturated heterocycles. The summed E-state index contributed by atoms with van der Waals surface area (Å²) < 4.78 is 13.8. The van der Waals surface area contributed by atoms with Gasteiger partial charge >= 0.3 is 0 Å². The third-order valence-corrected chi connectivity index (χ3v) is 3.63. The zero-order valence-corrected chi connectivity index (χ0v) is 13.7. The van der Waals surface area contributed by atoms with Crippen molar-refractivity contribution in [3.05, 3.63) is 95.8 Å². The molecule has 0 saturated carbocycles. The third kappa shape index (κ3) is 4.05. The first kappa shape index (κ1) is 17.2. The summed E-state index contributed by atoms with van der Waals surface area (Å²) in [7, 11) is 0. The van der Waals surface area contributed by atoms with Crippen molar-refractivity contribution >= 4 is 23.2 Å².